The van der Waals surface area contributed by atoms with E-state index in [9.17, 15) is 14.9 Å². The van der Waals surface area contributed by atoms with Crippen molar-refractivity contribution in [3.63, 3.8) is 0 Å². The van der Waals surface area contributed by atoms with E-state index < -0.39 is 6.04 Å². The van der Waals surface area contributed by atoms with E-state index >= 15 is 0 Å². The molecule has 0 aliphatic carbocycles. The molecule has 3 aromatic carbocycles. The Morgan fingerprint density at radius 1 is 1.00 bits per heavy atom. The van der Waals surface area contributed by atoms with Crippen LogP contribution in [0.2, 0.25) is 10.0 Å². The fourth-order valence-corrected chi connectivity index (χ4v) is 4.98. The predicted octanol–water partition coefficient (Wildman–Crippen LogP) is 5.66. The van der Waals surface area contributed by atoms with Gasteiger partial charge in [-0.3, -0.25) is 4.79 Å². The van der Waals surface area contributed by atoms with Crippen molar-refractivity contribution in [3.05, 3.63) is 87.9 Å². The Morgan fingerprint density at radius 3 is 2.38 bits per heavy atom. The topological polar surface area (TPSA) is 73.6 Å². The molecule has 0 bridgehead atoms. The van der Waals surface area contributed by atoms with Crippen molar-refractivity contribution in [2.45, 2.75) is 25.2 Å². The largest absolute Gasteiger partial charge is 0.372 e. The number of amides is 3. The molecule has 3 aromatic rings. The Balaban J connectivity index is 1.22. The van der Waals surface area contributed by atoms with Crippen LogP contribution in [0.4, 0.5) is 10.5 Å². The number of nitriles is 1. The highest BCUT2D eigenvalue weighted by molar-refractivity contribution is 6.35. The van der Waals surface area contributed by atoms with Crippen LogP contribution in [0.15, 0.2) is 66.7 Å². The number of carbonyl (C=O) groups is 2. The molecule has 34 heavy (non-hydrogen) atoms. The maximum absolute atomic E-state index is 13.0. The first-order valence-corrected chi connectivity index (χ1v) is 11.5. The molecule has 2 aliphatic rings. The predicted molar refractivity (Wildman–Crippen MR) is 130 cm³/mol. The van der Waals surface area contributed by atoms with E-state index in [0.717, 1.165) is 21.6 Å². The normalized spacial score (nSPS) is 19.4. The maximum Gasteiger partial charge on any atom is 0.332 e. The highest BCUT2D eigenvalue weighted by atomic mass is 35.5. The molecule has 2 aliphatic heterocycles. The van der Waals surface area contributed by atoms with Crippen LogP contribution in [-0.2, 0) is 16.1 Å². The molecule has 8 heteroatoms. The zero-order valence-corrected chi connectivity index (χ0v) is 19.5. The molecule has 2 fully saturated rings. The number of hydrogen-bond donors (Lipinski definition) is 0. The van der Waals surface area contributed by atoms with Crippen LogP contribution in [0.1, 0.15) is 17.5 Å². The van der Waals surface area contributed by atoms with Gasteiger partial charge in [0.05, 0.1) is 30.0 Å². The number of hydrogen-bond acceptors (Lipinski definition) is 4. The number of nitrogens with zero attached hydrogens (tertiary/aromatic N) is 3. The lowest BCUT2D eigenvalue weighted by Crippen LogP contribution is -2.35. The van der Waals surface area contributed by atoms with Crippen molar-refractivity contribution in [1.29, 1.82) is 5.26 Å². The number of carbonyl (C=O) groups excluding carboxylic acids is 2. The Kier molecular flexibility index (Phi) is 6.01. The third-order valence-corrected chi connectivity index (χ3v) is 6.55. The summed E-state index contributed by atoms with van der Waals surface area (Å²) in [6.45, 7) is 0.703. The summed E-state index contributed by atoms with van der Waals surface area (Å²) in [5.74, 6) is -0.296. The highest BCUT2D eigenvalue weighted by Gasteiger charge is 2.51. The second-order valence-electron chi connectivity index (χ2n) is 8.28. The number of rotatable bonds is 5. The van der Waals surface area contributed by atoms with E-state index in [2.05, 4.69) is 6.07 Å². The summed E-state index contributed by atoms with van der Waals surface area (Å²) in [4.78, 5) is 28.6. The van der Waals surface area contributed by atoms with E-state index in [4.69, 9.17) is 27.9 Å². The van der Waals surface area contributed by atoms with Gasteiger partial charge in [-0.05, 0) is 41.0 Å². The van der Waals surface area contributed by atoms with Gasteiger partial charge in [0.25, 0.3) is 5.91 Å². The average Bonchev–Trinajstić information content (AvgIpc) is 3.36. The summed E-state index contributed by atoms with van der Waals surface area (Å²) in [5.41, 5.74) is 3.81. The van der Waals surface area contributed by atoms with Crippen molar-refractivity contribution < 1.29 is 14.3 Å². The van der Waals surface area contributed by atoms with Crippen LogP contribution < -0.4 is 4.90 Å². The molecule has 2 saturated heterocycles. The van der Waals surface area contributed by atoms with Gasteiger partial charge < -0.3 is 9.64 Å². The molecule has 2 atom stereocenters. The Morgan fingerprint density at radius 2 is 1.71 bits per heavy atom. The van der Waals surface area contributed by atoms with Crippen LogP contribution in [0, 0.1) is 11.3 Å². The van der Waals surface area contributed by atoms with Gasteiger partial charge in [0, 0.05) is 23.0 Å². The van der Waals surface area contributed by atoms with Gasteiger partial charge in [-0.2, -0.15) is 5.26 Å². The third-order valence-electron chi connectivity index (χ3n) is 6.11. The Hall–Kier alpha value is -3.37. The summed E-state index contributed by atoms with van der Waals surface area (Å²) < 4.78 is 6.03. The lowest BCUT2D eigenvalue weighted by atomic mass is 9.99. The molecule has 0 radical (unpaired) electrons. The van der Waals surface area contributed by atoms with E-state index in [1.165, 1.54) is 0 Å². The number of fused-ring (bicyclic) bond motifs is 1. The average molecular weight is 492 g/mol. The van der Waals surface area contributed by atoms with E-state index in [1.807, 2.05) is 42.5 Å². The van der Waals surface area contributed by atoms with Gasteiger partial charge in [-0.15, -0.1) is 0 Å². The second-order valence-corrected chi connectivity index (χ2v) is 9.15. The minimum absolute atomic E-state index is 0.234. The van der Waals surface area contributed by atoms with Gasteiger partial charge in [-0.1, -0.05) is 65.7 Å². The molecule has 5 rings (SSSR count). The number of urea groups is 1. The monoisotopic (exact) mass is 491 g/mol. The summed E-state index contributed by atoms with van der Waals surface area (Å²) in [7, 11) is 0. The molecule has 0 N–H and O–H groups in total. The molecular formula is C26H19Cl2N3O3. The number of benzene rings is 3. The minimum Gasteiger partial charge on any atom is -0.372 e. The molecule has 6 nitrogen and oxygen atoms in total. The number of halogens is 2. The van der Waals surface area contributed by atoms with Crippen molar-refractivity contribution in [3.8, 4) is 17.2 Å². The SMILES string of the molecule is N#Cc1ccccc1-c1ccc(CO[C@H]2C[C@H]3C(=O)N(c4cc(Cl)cc(Cl)c4)C(=O)N3C2)cc1. The van der Waals surface area contributed by atoms with Gasteiger partial charge in [0.2, 0.25) is 0 Å². The Labute approximate surface area is 206 Å². The van der Waals surface area contributed by atoms with Crippen LogP contribution in [0.25, 0.3) is 11.1 Å². The number of ether oxygens (including phenoxy) is 1. The van der Waals surface area contributed by atoms with E-state index in [-0.39, 0.29) is 18.0 Å². The first-order valence-electron chi connectivity index (χ1n) is 10.8. The van der Waals surface area contributed by atoms with Crippen LogP contribution in [-0.4, -0.2) is 35.5 Å². The highest BCUT2D eigenvalue weighted by Crippen LogP contribution is 2.35. The molecule has 2 heterocycles. The van der Waals surface area contributed by atoms with E-state index in [1.54, 1.807) is 29.2 Å². The maximum atomic E-state index is 13.0. The van der Waals surface area contributed by atoms with Crippen molar-refractivity contribution >= 4 is 40.8 Å². The van der Waals surface area contributed by atoms with Gasteiger partial charge in [0.1, 0.15) is 6.04 Å². The van der Waals surface area contributed by atoms with Gasteiger partial charge >= 0.3 is 6.03 Å². The summed E-state index contributed by atoms with van der Waals surface area (Å²) >= 11 is 12.1. The van der Waals surface area contributed by atoms with Gasteiger partial charge in [0.15, 0.2) is 0 Å². The molecule has 0 saturated carbocycles. The first kappa shape index (κ1) is 22.4. The fourth-order valence-electron chi connectivity index (χ4n) is 4.47. The van der Waals surface area contributed by atoms with Crippen molar-refractivity contribution in [2.75, 3.05) is 11.4 Å². The zero-order chi connectivity index (χ0) is 23.8. The minimum atomic E-state index is -0.555. The standard InChI is InChI=1S/C26H19Cl2N3O3/c27-19-9-20(28)11-21(10-19)31-25(32)24-12-22(14-30(24)26(31)33)34-15-16-5-7-17(8-6-16)23-4-2-1-3-18(23)13-29/h1-11,22,24H,12,14-15H2/t22-,24-/m0/s1. The molecule has 0 spiro atoms. The van der Waals surface area contributed by atoms with Gasteiger partial charge in [-0.25, -0.2) is 9.69 Å². The number of anilines is 1. The van der Waals surface area contributed by atoms with Crippen molar-refractivity contribution in [2.24, 2.45) is 0 Å². The quantitative estimate of drug-likeness (QED) is 0.431. The molecule has 0 aromatic heterocycles. The van der Waals surface area contributed by atoms with Crippen LogP contribution in [0.5, 0.6) is 0 Å². The van der Waals surface area contributed by atoms with Crippen molar-refractivity contribution in [1.82, 2.24) is 4.90 Å². The fraction of sp³-hybridized carbons (Fsp3) is 0.192. The lowest BCUT2D eigenvalue weighted by Gasteiger charge is -2.18. The smallest absolute Gasteiger partial charge is 0.332 e. The molecule has 170 valence electrons. The summed E-state index contributed by atoms with van der Waals surface area (Å²) in [6.07, 6.45) is 0.199. The molecular weight excluding hydrogens is 473 g/mol. The molecule has 3 amide bonds. The van der Waals surface area contributed by atoms with E-state index in [0.29, 0.717) is 40.9 Å². The molecule has 0 unspecified atom stereocenters. The Bertz CT molecular complexity index is 1280. The first-order chi connectivity index (χ1) is 16.4. The summed E-state index contributed by atoms with van der Waals surface area (Å²) in [6, 6.07) is 21.2. The zero-order valence-electron chi connectivity index (χ0n) is 17.9. The van der Waals surface area contributed by atoms with Crippen LogP contribution in [0.3, 0.4) is 0 Å². The summed E-state index contributed by atoms with van der Waals surface area (Å²) in [5, 5.41) is 10.0. The lowest BCUT2D eigenvalue weighted by molar-refractivity contribution is -0.119. The third kappa shape index (κ3) is 4.14. The van der Waals surface area contributed by atoms with Crippen LogP contribution >= 0.6 is 23.2 Å². The number of imide groups is 1. The second kappa shape index (κ2) is 9.11.